The summed E-state index contributed by atoms with van der Waals surface area (Å²) in [6.07, 6.45) is -0.375. The zero-order valence-corrected chi connectivity index (χ0v) is 19.7. The Morgan fingerprint density at radius 3 is 2.62 bits per heavy atom. The van der Waals surface area contributed by atoms with Crippen LogP contribution in [0.2, 0.25) is 0 Å². The van der Waals surface area contributed by atoms with Gasteiger partial charge in [0.2, 0.25) is 0 Å². The van der Waals surface area contributed by atoms with E-state index in [1.54, 1.807) is 18.3 Å². The first-order valence-electron chi connectivity index (χ1n) is 10.9. The van der Waals surface area contributed by atoms with Crippen LogP contribution in [0.15, 0.2) is 78.6 Å². The molecule has 0 aliphatic heterocycles. The van der Waals surface area contributed by atoms with Gasteiger partial charge in [-0.05, 0) is 58.8 Å². The number of hydrogen-bond donors (Lipinski definition) is 1. The van der Waals surface area contributed by atoms with Crippen LogP contribution in [0.25, 0.3) is 16.8 Å². The highest BCUT2D eigenvalue weighted by molar-refractivity contribution is 7.09. The molecule has 0 atom stereocenters. The molecule has 1 N–H and O–H groups in total. The summed E-state index contributed by atoms with van der Waals surface area (Å²) in [5, 5.41) is 4.55. The lowest BCUT2D eigenvalue weighted by Crippen LogP contribution is -2.23. The van der Waals surface area contributed by atoms with E-state index >= 15 is 0 Å². The summed E-state index contributed by atoms with van der Waals surface area (Å²) in [4.78, 5) is 22.0. The lowest BCUT2D eigenvalue weighted by Gasteiger charge is -2.12. The summed E-state index contributed by atoms with van der Waals surface area (Å²) in [7, 11) is 0. The Kier molecular flexibility index (Phi) is 6.46. The fourth-order valence-electron chi connectivity index (χ4n) is 3.69. The van der Waals surface area contributed by atoms with Crippen LogP contribution in [0.3, 0.4) is 0 Å². The van der Waals surface area contributed by atoms with Gasteiger partial charge >= 0.3 is 6.18 Å². The quantitative estimate of drug-likeness (QED) is 0.236. The van der Waals surface area contributed by atoms with Gasteiger partial charge in [0.05, 0.1) is 12.1 Å². The monoisotopic (exact) mass is 520 g/mol. The van der Waals surface area contributed by atoms with Crippen molar-refractivity contribution in [1.29, 1.82) is 0 Å². The van der Waals surface area contributed by atoms with E-state index in [1.165, 1.54) is 41.9 Å². The maximum atomic E-state index is 14.1. The Balaban J connectivity index is 1.71. The van der Waals surface area contributed by atoms with Crippen molar-refractivity contribution in [3.05, 3.63) is 112 Å². The van der Waals surface area contributed by atoms with Crippen molar-refractivity contribution < 1.29 is 22.4 Å². The number of nitrogens with one attached hydrogen (secondary N) is 1. The summed E-state index contributed by atoms with van der Waals surface area (Å²) in [6.45, 7) is 0.181. The molecule has 0 unspecified atom stereocenters. The van der Waals surface area contributed by atoms with Crippen LogP contribution in [0.5, 0.6) is 0 Å². The van der Waals surface area contributed by atoms with Crippen LogP contribution in [-0.4, -0.2) is 20.3 Å². The molecule has 0 spiro atoms. The van der Waals surface area contributed by atoms with Crippen LogP contribution in [0, 0.1) is 17.7 Å². The van der Waals surface area contributed by atoms with Gasteiger partial charge in [-0.25, -0.2) is 9.37 Å². The second-order valence-electron chi connectivity index (χ2n) is 7.91. The molecule has 0 bridgehead atoms. The number of pyridine rings is 2. The maximum Gasteiger partial charge on any atom is 0.420 e. The number of carbonyl (C=O) groups is 1. The predicted octanol–water partition coefficient (Wildman–Crippen LogP) is 5.95. The molecule has 0 fully saturated rings. The first-order valence-corrected chi connectivity index (χ1v) is 11.8. The molecule has 1 aromatic carbocycles. The smallest absolute Gasteiger partial charge is 0.346 e. The van der Waals surface area contributed by atoms with Crippen molar-refractivity contribution >= 4 is 22.9 Å². The van der Waals surface area contributed by atoms with Gasteiger partial charge in [0.15, 0.2) is 11.3 Å². The van der Waals surface area contributed by atoms with Gasteiger partial charge in [0, 0.05) is 29.0 Å². The fraction of sp³-hybridized carbons (Fsp3) is 0.0741. The molecule has 5 nitrogen and oxygen atoms in total. The van der Waals surface area contributed by atoms with E-state index in [1.807, 2.05) is 17.5 Å². The van der Waals surface area contributed by atoms with Gasteiger partial charge < -0.3 is 5.32 Å². The van der Waals surface area contributed by atoms with Crippen molar-refractivity contribution in [3.63, 3.8) is 0 Å². The zero-order valence-electron chi connectivity index (χ0n) is 18.9. The standard InChI is InChI=1S/C27H16F4N4OS/c28-20-6-1-5-18(12-20)19-13-22(27(29,30)31)25-34-24(26(36)33-15-21-7-3-11-37-21)23(35(25)16-19)9-8-17-4-2-10-32-14-17/h1-7,10-14,16H,15H2,(H,33,36). The first-order chi connectivity index (χ1) is 17.8. The lowest BCUT2D eigenvalue weighted by atomic mass is 10.1. The average molecular weight is 521 g/mol. The molecule has 184 valence electrons. The minimum atomic E-state index is -4.80. The molecule has 0 saturated heterocycles. The number of fused-ring (bicyclic) bond motifs is 1. The number of amides is 1. The van der Waals surface area contributed by atoms with Crippen LogP contribution in [0.4, 0.5) is 17.6 Å². The van der Waals surface area contributed by atoms with Gasteiger partial charge in [0.1, 0.15) is 11.5 Å². The van der Waals surface area contributed by atoms with E-state index in [4.69, 9.17) is 0 Å². The number of halogens is 4. The number of aromatic nitrogens is 3. The van der Waals surface area contributed by atoms with Gasteiger partial charge in [-0.15, -0.1) is 11.3 Å². The molecular formula is C27H16F4N4OS. The number of rotatable bonds is 4. The highest BCUT2D eigenvalue weighted by Crippen LogP contribution is 2.36. The van der Waals surface area contributed by atoms with Crippen molar-refractivity contribution in [2.24, 2.45) is 0 Å². The Labute approximate surface area is 212 Å². The summed E-state index contributed by atoms with van der Waals surface area (Å²) in [6, 6.07) is 13.1. The average Bonchev–Trinajstić information content (AvgIpc) is 3.53. The Bertz CT molecular complexity index is 1650. The minimum absolute atomic E-state index is 0.0358. The SMILES string of the molecule is O=C(NCc1cccs1)c1nc2c(C(F)(F)F)cc(-c3cccc(F)c3)cn2c1C#Cc1cccnc1. The molecule has 4 heterocycles. The molecule has 0 radical (unpaired) electrons. The second-order valence-corrected chi connectivity index (χ2v) is 8.94. The molecule has 4 aromatic heterocycles. The predicted molar refractivity (Wildman–Crippen MR) is 131 cm³/mol. The highest BCUT2D eigenvalue weighted by atomic mass is 32.1. The van der Waals surface area contributed by atoms with Gasteiger partial charge in [-0.2, -0.15) is 13.2 Å². The molecule has 0 aliphatic rings. The third-order valence-corrected chi connectivity index (χ3v) is 6.26. The van der Waals surface area contributed by atoms with Gasteiger partial charge in [-0.3, -0.25) is 14.2 Å². The molecule has 5 rings (SSSR count). The number of imidazole rings is 1. The molecule has 10 heteroatoms. The van der Waals surface area contributed by atoms with E-state index in [0.29, 0.717) is 5.56 Å². The molecular weight excluding hydrogens is 504 g/mol. The van der Waals surface area contributed by atoms with E-state index in [2.05, 4.69) is 27.1 Å². The lowest BCUT2D eigenvalue weighted by molar-refractivity contribution is -0.136. The number of nitrogens with zero attached hydrogens (tertiary/aromatic N) is 3. The molecule has 0 saturated carbocycles. The summed E-state index contributed by atoms with van der Waals surface area (Å²) >= 11 is 1.43. The van der Waals surface area contributed by atoms with Gasteiger partial charge in [-0.1, -0.05) is 24.1 Å². The first kappa shape index (κ1) is 24.2. The third kappa shape index (κ3) is 5.22. The number of carbonyl (C=O) groups excluding carboxylic acids is 1. The summed E-state index contributed by atoms with van der Waals surface area (Å²) < 4.78 is 57.5. The zero-order chi connectivity index (χ0) is 26.0. The summed E-state index contributed by atoms with van der Waals surface area (Å²) in [5.41, 5.74) is -1.02. The van der Waals surface area contributed by atoms with Crippen LogP contribution >= 0.6 is 11.3 Å². The maximum absolute atomic E-state index is 14.1. The largest absolute Gasteiger partial charge is 0.420 e. The summed E-state index contributed by atoms with van der Waals surface area (Å²) in [5.74, 6) is 4.38. The highest BCUT2D eigenvalue weighted by Gasteiger charge is 2.36. The second kappa shape index (κ2) is 9.87. The number of thiophene rings is 1. The normalized spacial score (nSPS) is 11.2. The minimum Gasteiger partial charge on any atom is -0.346 e. The van der Waals surface area contributed by atoms with E-state index in [-0.39, 0.29) is 29.1 Å². The topological polar surface area (TPSA) is 59.3 Å². The Morgan fingerprint density at radius 1 is 1.05 bits per heavy atom. The van der Waals surface area contributed by atoms with Crippen LogP contribution in [0.1, 0.15) is 32.2 Å². The molecule has 5 aromatic rings. The van der Waals surface area contributed by atoms with Crippen molar-refractivity contribution in [1.82, 2.24) is 19.7 Å². The fourth-order valence-corrected chi connectivity index (χ4v) is 4.33. The Hall–Kier alpha value is -4.49. The molecule has 0 aliphatic carbocycles. The number of alkyl halides is 3. The van der Waals surface area contributed by atoms with Gasteiger partial charge in [0.25, 0.3) is 5.91 Å². The Morgan fingerprint density at radius 2 is 1.92 bits per heavy atom. The van der Waals surface area contributed by atoms with E-state index < -0.39 is 29.1 Å². The van der Waals surface area contributed by atoms with Crippen molar-refractivity contribution in [3.8, 4) is 23.0 Å². The third-order valence-electron chi connectivity index (χ3n) is 5.39. The van der Waals surface area contributed by atoms with Crippen LogP contribution < -0.4 is 5.32 Å². The molecule has 37 heavy (non-hydrogen) atoms. The van der Waals surface area contributed by atoms with Crippen molar-refractivity contribution in [2.75, 3.05) is 0 Å². The molecule has 1 amide bonds. The van der Waals surface area contributed by atoms with E-state index in [9.17, 15) is 22.4 Å². The van der Waals surface area contributed by atoms with Crippen molar-refractivity contribution in [2.45, 2.75) is 12.7 Å². The van der Waals surface area contributed by atoms with E-state index in [0.717, 1.165) is 21.4 Å². The van der Waals surface area contributed by atoms with Crippen LogP contribution in [-0.2, 0) is 12.7 Å². The number of hydrogen-bond acceptors (Lipinski definition) is 4. The number of benzene rings is 1.